The summed E-state index contributed by atoms with van der Waals surface area (Å²) in [6, 6.07) is 6.14. The molecular weight excluding hydrogens is 279 g/mol. The van der Waals surface area contributed by atoms with Gasteiger partial charge in [0.25, 0.3) is 5.91 Å². The van der Waals surface area contributed by atoms with E-state index in [1.807, 2.05) is 0 Å². The highest BCUT2D eigenvalue weighted by Crippen LogP contribution is 2.19. The van der Waals surface area contributed by atoms with Gasteiger partial charge in [0, 0.05) is 6.20 Å². The first kappa shape index (κ1) is 14.4. The van der Waals surface area contributed by atoms with Crippen molar-refractivity contribution in [1.29, 1.82) is 0 Å². The molecule has 2 aromatic rings. The Balaban J connectivity index is 2.11. The maximum Gasteiger partial charge on any atom is 0.335 e. The van der Waals surface area contributed by atoms with E-state index in [1.54, 1.807) is 0 Å². The number of aromatic carboxylic acids is 1. The lowest BCUT2D eigenvalue weighted by atomic mass is 10.1. The Morgan fingerprint density at radius 1 is 1.29 bits per heavy atom. The van der Waals surface area contributed by atoms with Gasteiger partial charge in [-0.1, -0.05) is 6.07 Å². The van der Waals surface area contributed by atoms with E-state index >= 15 is 0 Å². The second-order valence-corrected chi connectivity index (χ2v) is 4.16. The van der Waals surface area contributed by atoms with Crippen LogP contribution in [0.2, 0.25) is 0 Å². The molecule has 21 heavy (non-hydrogen) atoms. The summed E-state index contributed by atoms with van der Waals surface area (Å²) in [6.45, 7) is -0.0896. The number of aromatic nitrogens is 1. The molecule has 2 rings (SSSR count). The molecule has 108 valence electrons. The first-order valence-electron chi connectivity index (χ1n) is 5.93. The van der Waals surface area contributed by atoms with Gasteiger partial charge < -0.3 is 15.5 Å². The Morgan fingerprint density at radius 2 is 2.05 bits per heavy atom. The van der Waals surface area contributed by atoms with Crippen LogP contribution in [-0.4, -0.2) is 27.1 Å². The number of benzene rings is 1. The standard InChI is InChI=1S/C14H11FN2O4/c15-10-2-1-3-11(18)12(10)13(19)17-7-9-6-8(14(20)21)4-5-16-9/h1-6,18H,7H2,(H,17,19)(H,20,21). The molecule has 0 aliphatic heterocycles. The van der Waals surface area contributed by atoms with Gasteiger partial charge in [0.1, 0.15) is 17.1 Å². The highest BCUT2D eigenvalue weighted by atomic mass is 19.1. The number of phenols is 1. The highest BCUT2D eigenvalue weighted by Gasteiger charge is 2.16. The molecule has 0 saturated heterocycles. The quantitative estimate of drug-likeness (QED) is 0.793. The predicted octanol–water partition coefficient (Wildman–Crippen LogP) is 1.55. The van der Waals surface area contributed by atoms with E-state index in [1.165, 1.54) is 30.5 Å². The third-order valence-electron chi connectivity index (χ3n) is 2.71. The van der Waals surface area contributed by atoms with Crippen molar-refractivity contribution in [3.05, 3.63) is 59.2 Å². The fourth-order valence-electron chi connectivity index (χ4n) is 1.70. The predicted molar refractivity (Wildman–Crippen MR) is 70.4 cm³/mol. The minimum Gasteiger partial charge on any atom is -0.507 e. The van der Waals surface area contributed by atoms with Gasteiger partial charge in [-0.15, -0.1) is 0 Å². The minimum absolute atomic E-state index is 0.0305. The summed E-state index contributed by atoms with van der Waals surface area (Å²) in [5, 5.41) is 20.7. The number of nitrogens with zero attached hydrogens (tertiary/aromatic N) is 1. The number of pyridine rings is 1. The summed E-state index contributed by atoms with van der Waals surface area (Å²) in [5.41, 5.74) is -0.131. The summed E-state index contributed by atoms with van der Waals surface area (Å²) >= 11 is 0. The van der Waals surface area contributed by atoms with Crippen LogP contribution in [0.1, 0.15) is 26.4 Å². The lowest BCUT2D eigenvalue weighted by molar-refractivity contribution is 0.0696. The maximum absolute atomic E-state index is 13.5. The number of rotatable bonds is 4. The zero-order valence-corrected chi connectivity index (χ0v) is 10.7. The molecule has 0 fully saturated rings. The van der Waals surface area contributed by atoms with Crippen LogP contribution in [0.3, 0.4) is 0 Å². The van der Waals surface area contributed by atoms with Crippen LogP contribution in [0.15, 0.2) is 36.5 Å². The van der Waals surface area contributed by atoms with Gasteiger partial charge in [0.2, 0.25) is 0 Å². The number of phenolic OH excluding ortho intramolecular Hbond substituents is 1. The van der Waals surface area contributed by atoms with Gasteiger partial charge in [-0.3, -0.25) is 9.78 Å². The molecular formula is C14H11FN2O4. The first-order chi connectivity index (χ1) is 9.99. The van der Waals surface area contributed by atoms with Gasteiger partial charge in [0.05, 0.1) is 17.8 Å². The lowest BCUT2D eigenvalue weighted by Gasteiger charge is -2.07. The Kier molecular flexibility index (Phi) is 4.13. The van der Waals surface area contributed by atoms with Crippen molar-refractivity contribution in [2.24, 2.45) is 0 Å². The molecule has 3 N–H and O–H groups in total. The Hall–Kier alpha value is -2.96. The molecule has 1 aromatic carbocycles. The van der Waals surface area contributed by atoms with Crippen LogP contribution >= 0.6 is 0 Å². The van der Waals surface area contributed by atoms with Crippen LogP contribution in [0.5, 0.6) is 5.75 Å². The summed E-state index contributed by atoms with van der Waals surface area (Å²) in [7, 11) is 0. The maximum atomic E-state index is 13.5. The molecule has 7 heteroatoms. The second-order valence-electron chi connectivity index (χ2n) is 4.16. The van der Waals surface area contributed by atoms with E-state index in [0.29, 0.717) is 5.69 Å². The number of amides is 1. The van der Waals surface area contributed by atoms with Crippen LogP contribution in [0.25, 0.3) is 0 Å². The Bertz CT molecular complexity index is 683. The molecule has 0 atom stereocenters. The molecule has 0 saturated carbocycles. The second kappa shape index (κ2) is 6.00. The molecule has 0 aliphatic rings. The number of aromatic hydroxyl groups is 1. The molecule has 1 aromatic heterocycles. The number of carboxylic acid groups (broad SMARTS) is 1. The summed E-state index contributed by atoms with van der Waals surface area (Å²) in [5.74, 6) is -3.25. The van der Waals surface area contributed by atoms with Crippen molar-refractivity contribution in [2.45, 2.75) is 6.54 Å². The molecule has 0 spiro atoms. The van der Waals surface area contributed by atoms with Gasteiger partial charge >= 0.3 is 5.97 Å². The van der Waals surface area contributed by atoms with Crippen molar-refractivity contribution < 1.29 is 24.2 Å². The SMILES string of the molecule is O=C(O)c1ccnc(CNC(=O)c2c(O)cccc2F)c1. The monoisotopic (exact) mass is 290 g/mol. The zero-order chi connectivity index (χ0) is 15.4. The number of carboxylic acids is 1. The van der Waals surface area contributed by atoms with Crippen molar-refractivity contribution in [1.82, 2.24) is 10.3 Å². The molecule has 6 nitrogen and oxygen atoms in total. The average molecular weight is 290 g/mol. The third-order valence-corrected chi connectivity index (χ3v) is 2.71. The van der Waals surface area contributed by atoms with Crippen LogP contribution in [0.4, 0.5) is 4.39 Å². The van der Waals surface area contributed by atoms with Crippen LogP contribution < -0.4 is 5.32 Å². The van der Waals surface area contributed by atoms with Gasteiger partial charge in [-0.2, -0.15) is 0 Å². The number of carbonyl (C=O) groups excluding carboxylic acids is 1. The molecule has 0 aliphatic carbocycles. The third kappa shape index (κ3) is 3.33. The lowest BCUT2D eigenvalue weighted by Crippen LogP contribution is -2.24. The molecule has 1 amide bonds. The van der Waals surface area contributed by atoms with E-state index in [0.717, 1.165) is 6.07 Å². The smallest absolute Gasteiger partial charge is 0.335 e. The Morgan fingerprint density at radius 3 is 2.71 bits per heavy atom. The van der Waals surface area contributed by atoms with Crippen LogP contribution in [-0.2, 0) is 6.54 Å². The topological polar surface area (TPSA) is 99.5 Å². The van der Waals surface area contributed by atoms with E-state index in [9.17, 15) is 19.1 Å². The average Bonchev–Trinajstić information content (AvgIpc) is 2.45. The normalized spacial score (nSPS) is 10.1. The van der Waals surface area contributed by atoms with Crippen molar-refractivity contribution >= 4 is 11.9 Å². The van der Waals surface area contributed by atoms with Gasteiger partial charge in [-0.05, 0) is 24.3 Å². The summed E-state index contributed by atoms with van der Waals surface area (Å²) in [4.78, 5) is 26.5. The van der Waals surface area contributed by atoms with Crippen LogP contribution in [0, 0.1) is 5.82 Å². The fourth-order valence-corrected chi connectivity index (χ4v) is 1.70. The number of halogens is 1. The number of hydrogen-bond donors (Lipinski definition) is 3. The molecule has 0 unspecified atom stereocenters. The van der Waals surface area contributed by atoms with Crippen molar-refractivity contribution in [3.63, 3.8) is 0 Å². The summed E-state index contributed by atoms with van der Waals surface area (Å²) in [6.07, 6.45) is 1.30. The Labute approximate surface area is 118 Å². The highest BCUT2D eigenvalue weighted by molar-refractivity contribution is 5.97. The van der Waals surface area contributed by atoms with Gasteiger partial charge in [-0.25, -0.2) is 9.18 Å². The minimum atomic E-state index is -1.11. The number of carbonyl (C=O) groups is 2. The number of nitrogens with one attached hydrogen (secondary N) is 1. The van der Waals surface area contributed by atoms with E-state index in [-0.39, 0.29) is 12.1 Å². The van der Waals surface area contributed by atoms with Crippen molar-refractivity contribution in [3.8, 4) is 5.75 Å². The largest absolute Gasteiger partial charge is 0.507 e. The molecule has 0 radical (unpaired) electrons. The van der Waals surface area contributed by atoms with Gasteiger partial charge in [0.15, 0.2) is 0 Å². The first-order valence-corrected chi connectivity index (χ1v) is 5.93. The summed E-state index contributed by atoms with van der Waals surface area (Å²) < 4.78 is 13.5. The molecule has 0 bridgehead atoms. The van der Waals surface area contributed by atoms with Crippen molar-refractivity contribution in [2.75, 3.05) is 0 Å². The van der Waals surface area contributed by atoms with E-state index in [2.05, 4.69) is 10.3 Å². The van der Waals surface area contributed by atoms with E-state index < -0.39 is 29.0 Å². The fraction of sp³-hybridized carbons (Fsp3) is 0.0714. The zero-order valence-electron chi connectivity index (χ0n) is 10.7. The molecule has 1 heterocycles. The number of hydrogen-bond acceptors (Lipinski definition) is 4. The van der Waals surface area contributed by atoms with E-state index in [4.69, 9.17) is 5.11 Å².